The predicted octanol–water partition coefficient (Wildman–Crippen LogP) is 1.38. The number of aromatic nitrogens is 5. The fourth-order valence-electron chi connectivity index (χ4n) is 2.79. The number of hydrogen-bond acceptors (Lipinski definition) is 6. The van der Waals surface area contributed by atoms with Crippen molar-refractivity contribution in [3.63, 3.8) is 0 Å². The van der Waals surface area contributed by atoms with Crippen LogP contribution in [0.1, 0.15) is 12.8 Å². The SMILES string of the molecule is OC1CCN(c2ccc(-c3ncnc4nc[nH]c34)cn2)CC1. The Hall–Kier alpha value is -2.54. The first-order valence-electron chi connectivity index (χ1n) is 7.35. The Bertz CT molecular complexity index is 776. The molecule has 0 amide bonds. The Morgan fingerprint density at radius 1 is 1.09 bits per heavy atom. The van der Waals surface area contributed by atoms with Crippen molar-refractivity contribution in [2.24, 2.45) is 0 Å². The molecule has 0 bridgehead atoms. The number of rotatable bonds is 2. The zero-order valence-electron chi connectivity index (χ0n) is 12.0. The molecular formula is C15H16N6O. The van der Waals surface area contributed by atoms with Crippen LogP contribution in [0.5, 0.6) is 0 Å². The molecule has 0 saturated carbocycles. The molecule has 7 nitrogen and oxygen atoms in total. The molecule has 112 valence electrons. The Morgan fingerprint density at radius 3 is 2.73 bits per heavy atom. The summed E-state index contributed by atoms with van der Waals surface area (Å²) in [7, 11) is 0. The predicted molar refractivity (Wildman–Crippen MR) is 82.4 cm³/mol. The van der Waals surface area contributed by atoms with Crippen molar-refractivity contribution in [2.75, 3.05) is 18.0 Å². The molecule has 1 aliphatic rings. The van der Waals surface area contributed by atoms with Crippen LogP contribution in [0.4, 0.5) is 5.82 Å². The summed E-state index contributed by atoms with van der Waals surface area (Å²) in [5.41, 5.74) is 3.20. The van der Waals surface area contributed by atoms with Crippen molar-refractivity contribution >= 4 is 17.0 Å². The third-order valence-corrected chi connectivity index (χ3v) is 4.03. The van der Waals surface area contributed by atoms with E-state index in [0.29, 0.717) is 5.65 Å². The first-order chi connectivity index (χ1) is 10.8. The summed E-state index contributed by atoms with van der Waals surface area (Å²) in [6.07, 6.45) is 6.37. The summed E-state index contributed by atoms with van der Waals surface area (Å²) in [4.78, 5) is 22.4. The summed E-state index contributed by atoms with van der Waals surface area (Å²) in [5.74, 6) is 0.936. The molecule has 3 aromatic heterocycles. The number of piperidine rings is 1. The van der Waals surface area contributed by atoms with Crippen LogP contribution in [0.3, 0.4) is 0 Å². The minimum absolute atomic E-state index is 0.176. The van der Waals surface area contributed by atoms with Gasteiger partial charge in [0.15, 0.2) is 5.65 Å². The highest BCUT2D eigenvalue weighted by atomic mass is 16.3. The monoisotopic (exact) mass is 296 g/mol. The smallest absolute Gasteiger partial charge is 0.181 e. The van der Waals surface area contributed by atoms with Crippen LogP contribution in [0.2, 0.25) is 0 Å². The van der Waals surface area contributed by atoms with Crippen molar-refractivity contribution in [3.8, 4) is 11.3 Å². The first kappa shape index (κ1) is 13.1. The van der Waals surface area contributed by atoms with Gasteiger partial charge >= 0.3 is 0 Å². The normalized spacial score (nSPS) is 16.3. The Balaban J connectivity index is 1.63. The van der Waals surface area contributed by atoms with E-state index in [4.69, 9.17) is 0 Å². The van der Waals surface area contributed by atoms with Crippen LogP contribution in [-0.2, 0) is 0 Å². The van der Waals surface area contributed by atoms with Crippen molar-refractivity contribution in [2.45, 2.75) is 18.9 Å². The number of H-pyrrole nitrogens is 1. The average molecular weight is 296 g/mol. The third kappa shape index (κ3) is 2.29. The Kier molecular flexibility index (Phi) is 3.19. The van der Waals surface area contributed by atoms with Gasteiger partial charge in [0.2, 0.25) is 0 Å². The van der Waals surface area contributed by atoms with Gasteiger partial charge in [-0.25, -0.2) is 19.9 Å². The second-order valence-electron chi connectivity index (χ2n) is 5.45. The van der Waals surface area contributed by atoms with Crippen LogP contribution in [0.15, 0.2) is 31.0 Å². The number of fused-ring (bicyclic) bond motifs is 1. The summed E-state index contributed by atoms with van der Waals surface area (Å²) < 4.78 is 0. The van der Waals surface area contributed by atoms with E-state index in [9.17, 15) is 5.11 Å². The second-order valence-corrected chi connectivity index (χ2v) is 5.45. The van der Waals surface area contributed by atoms with E-state index in [1.165, 1.54) is 6.33 Å². The van der Waals surface area contributed by atoms with Gasteiger partial charge in [-0.2, -0.15) is 0 Å². The highest BCUT2D eigenvalue weighted by Crippen LogP contribution is 2.25. The summed E-state index contributed by atoms with van der Waals surface area (Å²) >= 11 is 0. The van der Waals surface area contributed by atoms with Gasteiger partial charge in [-0.1, -0.05) is 0 Å². The Labute approximate surface area is 127 Å². The molecule has 7 heteroatoms. The van der Waals surface area contributed by atoms with Gasteiger partial charge in [-0.05, 0) is 25.0 Å². The van der Waals surface area contributed by atoms with E-state index in [2.05, 4.69) is 29.8 Å². The molecule has 4 heterocycles. The van der Waals surface area contributed by atoms with Crippen LogP contribution >= 0.6 is 0 Å². The highest BCUT2D eigenvalue weighted by molar-refractivity contribution is 5.86. The number of anilines is 1. The minimum Gasteiger partial charge on any atom is -0.393 e. The molecule has 22 heavy (non-hydrogen) atoms. The maximum Gasteiger partial charge on any atom is 0.181 e. The lowest BCUT2D eigenvalue weighted by Gasteiger charge is -2.30. The standard InChI is InChI=1S/C15H16N6O/c22-11-3-5-21(6-4-11)12-2-1-10(7-16-12)13-14-15(19-8-17-13)20-9-18-14/h1-2,7-9,11,22H,3-6H2,(H,17,18,19,20). The molecular weight excluding hydrogens is 280 g/mol. The molecule has 0 radical (unpaired) electrons. The van der Waals surface area contributed by atoms with Crippen LogP contribution in [-0.4, -0.2) is 49.2 Å². The van der Waals surface area contributed by atoms with E-state index < -0.39 is 0 Å². The molecule has 4 rings (SSSR count). The summed E-state index contributed by atoms with van der Waals surface area (Å²) in [5, 5.41) is 9.58. The molecule has 0 aromatic carbocycles. The number of aliphatic hydroxyl groups excluding tert-OH is 1. The van der Waals surface area contributed by atoms with E-state index in [1.807, 2.05) is 18.3 Å². The van der Waals surface area contributed by atoms with E-state index >= 15 is 0 Å². The largest absolute Gasteiger partial charge is 0.393 e. The molecule has 2 N–H and O–H groups in total. The fraction of sp³-hybridized carbons (Fsp3) is 0.333. The lowest BCUT2D eigenvalue weighted by atomic mass is 10.1. The first-order valence-corrected chi connectivity index (χ1v) is 7.35. The van der Waals surface area contributed by atoms with Gasteiger partial charge in [0, 0.05) is 24.8 Å². The van der Waals surface area contributed by atoms with Gasteiger partial charge in [0.25, 0.3) is 0 Å². The van der Waals surface area contributed by atoms with Crippen LogP contribution in [0.25, 0.3) is 22.4 Å². The highest BCUT2D eigenvalue weighted by Gasteiger charge is 2.18. The van der Waals surface area contributed by atoms with Crippen LogP contribution in [0, 0.1) is 0 Å². The fourth-order valence-corrected chi connectivity index (χ4v) is 2.79. The second kappa shape index (κ2) is 5.34. The average Bonchev–Trinajstić information content (AvgIpc) is 3.04. The number of aliphatic hydroxyl groups is 1. The number of aromatic amines is 1. The molecule has 3 aromatic rings. The van der Waals surface area contributed by atoms with Gasteiger partial charge in [-0.15, -0.1) is 0 Å². The molecule has 1 aliphatic heterocycles. The van der Waals surface area contributed by atoms with Crippen molar-refractivity contribution in [3.05, 3.63) is 31.0 Å². The van der Waals surface area contributed by atoms with Gasteiger partial charge < -0.3 is 15.0 Å². The number of pyridine rings is 1. The minimum atomic E-state index is -0.176. The maximum atomic E-state index is 9.58. The van der Waals surface area contributed by atoms with Crippen molar-refractivity contribution in [1.29, 1.82) is 0 Å². The van der Waals surface area contributed by atoms with E-state index in [-0.39, 0.29) is 6.10 Å². The quantitative estimate of drug-likeness (QED) is 0.742. The van der Waals surface area contributed by atoms with Crippen molar-refractivity contribution in [1.82, 2.24) is 24.9 Å². The molecule has 1 saturated heterocycles. The zero-order valence-corrected chi connectivity index (χ0v) is 12.0. The summed E-state index contributed by atoms with van der Waals surface area (Å²) in [6.45, 7) is 1.68. The number of nitrogens with zero attached hydrogens (tertiary/aromatic N) is 5. The molecule has 1 fully saturated rings. The van der Waals surface area contributed by atoms with E-state index in [1.54, 1.807) is 6.33 Å². The zero-order chi connectivity index (χ0) is 14.9. The molecule has 0 aliphatic carbocycles. The molecule has 0 atom stereocenters. The van der Waals surface area contributed by atoms with Gasteiger partial charge in [0.05, 0.1) is 12.4 Å². The molecule has 0 unspecified atom stereocenters. The topological polar surface area (TPSA) is 90.8 Å². The number of nitrogens with one attached hydrogen (secondary N) is 1. The lowest BCUT2D eigenvalue weighted by Crippen LogP contribution is -2.36. The van der Waals surface area contributed by atoms with Crippen molar-refractivity contribution < 1.29 is 5.11 Å². The lowest BCUT2D eigenvalue weighted by molar-refractivity contribution is 0.145. The van der Waals surface area contributed by atoms with Gasteiger partial charge in [-0.3, -0.25) is 0 Å². The summed E-state index contributed by atoms with van der Waals surface area (Å²) in [6, 6.07) is 4.01. The number of hydrogen-bond donors (Lipinski definition) is 2. The van der Waals surface area contributed by atoms with Gasteiger partial charge in [0.1, 0.15) is 23.4 Å². The Morgan fingerprint density at radius 2 is 1.95 bits per heavy atom. The third-order valence-electron chi connectivity index (χ3n) is 4.03. The molecule has 0 spiro atoms. The van der Waals surface area contributed by atoms with E-state index in [0.717, 1.165) is 48.5 Å². The number of imidazole rings is 1. The maximum absolute atomic E-state index is 9.58. The van der Waals surface area contributed by atoms with Crippen LogP contribution < -0.4 is 4.90 Å².